The topological polar surface area (TPSA) is 35.5 Å². The molecule has 1 rings (SSSR count). The fourth-order valence-corrected chi connectivity index (χ4v) is 2.11. The number of aliphatic hydroxyl groups is 1. The van der Waals surface area contributed by atoms with E-state index in [1.54, 1.807) is 0 Å². The lowest BCUT2D eigenvalue weighted by Crippen LogP contribution is -2.41. The smallest absolute Gasteiger partial charge is 0.0524 e. The van der Waals surface area contributed by atoms with Crippen molar-refractivity contribution in [2.24, 2.45) is 5.41 Å². The van der Waals surface area contributed by atoms with Gasteiger partial charge in [-0.15, -0.1) is 0 Å². The first-order valence-corrected chi connectivity index (χ1v) is 7.05. The third-order valence-corrected chi connectivity index (χ3v) is 3.83. The van der Waals surface area contributed by atoms with E-state index < -0.39 is 0 Å². The van der Waals surface area contributed by atoms with Crippen molar-refractivity contribution in [2.75, 3.05) is 26.7 Å². The summed E-state index contributed by atoms with van der Waals surface area (Å²) in [6.45, 7) is 9.71. The minimum atomic E-state index is -0.185. The second-order valence-corrected chi connectivity index (χ2v) is 6.19. The van der Waals surface area contributed by atoms with Crippen molar-refractivity contribution in [1.82, 2.24) is 10.2 Å². The first kappa shape index (κ1) is 14.9. The molecule has 2 atom stereocenters. The Labute approximate surface area is 107 Å². The molecule has 0 heterocycles. The monoisotopic (exact) mass is 242 g/mol. The highest BCUT2D eigenvalue weighted by molar-refractivity contribution is 4.86. The molecular formula is C14H30N2O. The number of aliphatic hydroxyl groups excluding tert-OH is 1. The van der Waals surface area contributed by atoms with Crippen LogP contribution in [0.3, 0.4) is 0 Å². The number of hydrogen-bond donors (Lipinski definition) is 2. The molecule has 0 spiro atoms. The van der Waals surface area contributed by atoms with Gasteiger partial charge in [-0.05, 0) is 45.1 Å². The van der Waals surface area contributed by atoms with Crippen molar-refractivity contribution in [3.8, 4) is 0 Å². The van der Waals surface area contributed by atoms with Crippen LogP contribution in [0.25, 0.3) is 0 Å². The van der Waals surface area contributed by atoms with Crippen LogP contribution < -0.4 is 5.32 Å². The SMILES string of the molecule is CCC(C)(CNC1CC1)CN(C)CCC(C)O. The predicted molar refractivity (Wildman–Crippen MR) is 73.2 cm³/mol. The zero-order chi connectivity index (χ0) is 12.9. The number of hydrogen-bond acceptors (Lipinski definition) is 3. The molecule has 102 valence electrons. The normalized spacial score (nSPS) is 21.5. The summed E-state index contributed by atoms with van der Waals surface area (Å²) in [5, 5.41) is 12.9. The third-order valence-electron chi connectivity index (χ3n) is 3.83. The average molecular weight is 242 g/mol. The molecule has 17 heavy (non-hydrogen) atoms. The Hall–Kier alpha value is -0.120. The van der Waals surface area contributed by atoms with E-state index in [2.05, 4.69) is 31.1 Å². The maximum atomic E-state index is 9.30. The van der Waals surface area contributed by atoms with E-state index in [9.17, 15) is 5.11 Å². The highest BCUT2D eigenvalue weighted by atomic mass is 16.3. The lowest BCUT2D eigenvalue weighted by Gasteiger charge is -2.33. The lowest BCUT2D eigenvalue weighted by atomic mass is 9.86. The zero-order valence-corrected chi connectivity index (χ0v) is 12.0. The van der Waals surface area contributed by atoms with Gasteiger partial charge < -0.3 is 15.3 Å². The van der Waals surface area contributed by atoms with Gasteiger partial charge in [0.05, 0.1) is 6.10 Å². The van der Waals surface area contributed by atoms with Gasteiger partial charge in [0, 0.05) is 25.7 Å². The molecule has 2 unspecified atom stereocenters. The second kappa shape index (κ2) is 6.72. The minimum absolute atomic E-state index is 0.185. The summed E-state index contributed by atoms with van der Waals surface area (Å²) < 4.78 is 0. The maximum absolute atomic E-state index is 9.30. The fraction of sp³-hybridized carbons (Fsp3) is 1.00. The summed E-state index contributed by atoms with van der Waals surface area (Å²) in [6.07, 6.45) is 4.60. The minimum Gasteiger partial charge on any atom is -0.393 e. The lowest BCUT2D eigenvalue weighted by molar-refractivity contribution is 0.137. The Morgan fingerprint density at radius 1 is 1.47 bits per heavy atom. The van der Waals surface area contributed by atoms with Gasteiger partial charge in [0.15, 0.2) is 0 Å². The molecule has 3 heteroatoms. The second-order valence-electron chi connectivity index (χ2n) is 6.19. The first-order chi connectivity index (χ1) is 7.95. The van der Waals surface area contributed by atoms with E-state index in [1.807, 2.05) is 6.92 Å². The number of nitrogens with zero attached hydrogens (tertiary/aromatic N) is 1. The van der Waals surface area contributed by atoms with Crippen molar-refractivity contribution in [2.45, 2.75) is 58.6 Å². The van der Waals surface area contributed by atoms with E-state index in [1.165, 1.54) is 19.3 Å². The molecule has 1 saturated carbocycles. The van der Waals surface area contributed by atoms with Gasteiger partial charge in [0.25, 0.3) is 0 Å². The maximum Gasteiger partial charge on any atom is 0.0524 e. The van der Waals surface area contributed by atoms with Crippen LogP contribution in [0.1, 0.15) is 46.5 Å². The van der Waals surface area contributed by atoms with E-state index >= 15 is 0 Å². The molecule has 1 aliphatic rings. The van der Waals surface area contributed by atoms with Crippen LogP contribution in [-0.4, -0.2) is 48.8 Å². The first-order valence-electron chi connectivity index (χ1n) is 7.05. The quantitative estimate of drug-likeness (QED) is 0.648. The van der Waals surface area contributed by atoms with E-state index in [0.717, 1.165) is 32.1 Å². The van der Waals surface area contributed by atoms with Gasteiger partial charge in [0.2, 0.25) is 0 Å². The van der Waals surface area contributed by atoms with Gasteiger partial charge in [-0.2, -0.15) is 0 Å². The van der Waals surface area contributed by atoms with Crippen LogP contribution in [0, 0.1) is 5.41 Å². The molecule has 3 nitrogen and oxygen atoms in total. The Kier molecular flexibility index (Phi) is 5.90. The molecule has 2 N–H and O–H groups in total. The molecule has 0 aromatic heterocycles. The van der Waals surface area contributed by atoms with E-state index in [-0.39, 0.29) is 6.10 Å². The summed E-state index contributed by atoms with van der Waals surface area (Å²) in [4.78, 5) is 2.35. The molecule has 0 aromatic rings. The van der Waals surface area contributed by atoms with Crippen LogP contribution in [0.2, 0.25) is 0 Å². The fourth-order valence-electron chi connectivity index (χ4n) is 2.11. The summed E-state index contributed by atoms with van der Waals surface area (Å²) in [5.41, 5.74) is 0.357. The van der Waals surface area contributed by atoms with Gasteiger partial charge in [-0.1, -0.05) is 13.8 Å². The molecule has 0 amide bonds. The standard InChI is InChI=1S/C14H30N2O/c1-5-14(3,10-15-13-6-7-13)11-16(4)9-8-12(2)17/h12-13,15,17H,5-11H2,1-4H3. The summed E-state index contributed by atoms with van der Waals surface area (Å²) in [5.74, 6) is 0. The summed E-state index contributed by atoms with van der Waals surface area (Å²) in [7, 11) is 2.16. The van der Waals surface area contributed by atoms with Gasteiger partial charge in [-0.3, -0.25) is 0 Å². The van der Waals surface area contributed by atoms with Gasteiger partial charge in [0.1, 0.15) is 0 Å². The molecule has 0 radical (unpaired) electrons. The Balaban J connectivity index is 2.26. The van der Waals surface area contributed by atoms with Crippen LogP contribution in [0.15, 0.2) is 0 Å². The third kappa shape index (κ3) is 6.39. The van der Waals surface area contributed by atoms with E-state index in [0.29, 0.717) is 5.41 Å². The molecular weight excluding hydrogens is 212 g/mol. The van der Waals surface area contributed by atoms with Crippen molar-refractivity contribution in [1.29, 1.82) is 0 Å². The van der Waals surface area contributed by atoms with Crippen LogP contribution in [0.4, 0.5) is 0 Å². The Morgan fingerprint density at radius 3 is 2.59 bits per heavy atom. The van der Waals surface area contributed by atoms with Crippen LogP contribution in [0.5, 0.6) is 0 Å². The van der Waals surface area contributed by atoms with Crippen LogP contribution >= 0.6 is 0 Å². The number of nitrogens with one attached hydrogen (secondary N) is 1. The van der Waals surface area contributed by atoms with Crippen molar-refractivity contribution in [3.05, 3.63) is 0 Å². The molecule has 0 bridgehead atoms. The highest BCUT2D eigenvalue weighted by Crippen LogP contribution is 2.25. The Bertz CT molecular complexity index is 216. The van der Waals surface area contributed by atoms with E-state index in [4.69, 9.17) is 0 Å². The van der Waals surface area contributed by atoms with Crippen LogP contribution in [-0.2, 0) is 0 Å². The summed E-state index contributed by atoms with van der Waals surface area (Å²) >= 11 is 0. The molecule has 1 aliphatic carbocycles. The van der Waals surface area contributed by atoms with Crippen molar-refractivity contribution < 1.29 is 5.11 Å². The number of rotatable bonds is 9. The predicted octanol–water partition coefficient (Wildman–Crippen LogP) is 1.86. The Morgan fingerprint density at radius 2 is 2.12 bits per heavy atom. The van der Waals surface area contributed by atoms with Crippen molar-refractivity contribution >= 4 is 0 Å². The van der Waals surface area contributed by atoms with Gasteiger partial charge >= 0.3 is 0 Å². The van der Waals surface area contributed by atoms with Crippen molar-refractivity contribution in [3.63, 3.8) is 0 Å². The largest absolute Gasteiger partial charge is 0.393 e. The molecule has 0 aliphatic heterocycles. The zero-order valence-electron chi connectivity index (χ0n) is 12.0. The highest BCUT2D eigenvalue weighted by Gasteiger charge is 2.28. The molecule has 0 aromatic carbocycles. The molecule has 0 saturated heterocycles. The van der Waals surface area contributed by atoms with Gasteiger partial charge in [-0.25, -0.2) is 0 Å². The average Bonchev–Trinajstić information content (AvgIpc) is 3.07. The molecule has 1 fully saturated rings. The summed E-state index contributed by atoms with van der Waals surface area (Å²) in [6, 6.07) is 0.795.